The Hall–Kier alpha value is -2.14. The van der Waals surface area contributed by atoms with Gasteiger partial charge in [0.2, 0.25) is 5.88 Å². The Labute approximate surface area is 117 Å². The monoisotopic (exact) mass is 274 g/mol. The number of aromatic nitrogens is 2. The van der Waals surface area contributed by atoms with Crippen LogP contribution in [0, 0.1) is 0 Å². The molecule has 0 fully saturated rings. The predicted molar refractivity (Wildman–Crippen MR) is 76.7 cm³/mol. The number of benzene rings is 1. The minimum absolute atomic E-state index is 0.192. The second-order valence-corrected chi connectivity index (χ2v) is 4.60. The quantitative estimate of drug-likeness (QED) is 0.876. The minimum Gasteiger partial charge on any atom is -0.493 e. The minimum atomic E-state index is -0.286. The topological polar surface area (TPSA) is 75.2 Å². The van der Waals surface area contributed by atoms with Gasteiger partial charge in [-0.2, -0.15) is 4.98 Å². The zero-order valence-electron chi connectivity index (χ0n) is 11.6. The third-order valence-corrected chi connectivity index (χ3v) is 3.01. The maximum Gasteiger partial charge on any atom is 0.258 e. The Bertz CT molecular complexity index is 650. The summed E-state index contributed by atoms with van der Waals surface area (Å²) in [5, 5.41) is 9.88. The molecule has 1 aromatic heterocycles. The Balaban J connectivity index is 2.43. The van der Waals surface area contributed by atoms with Crippen LogP contribution in [0.3, 0.4) is 0 Å². The average Bonchev–Trinajstić information content (AvgIpc) is 2.43. The van der Waals surface area contributed by atoms with Crippen molar-refractivity contribution < 1.29 is 9.84 Å². The fourth-order valence-corrected chi connectivity index (χ4v) is 2.07. The first kappa shape index (κ1) is 14.3. The summed E-state index contributed by atoms with van der Waals surface area (Å²) in [6, 6.07) is 7.49. The Morgan fingerprint density at radius 1 is 1.40 bits per heavy atom. The molecule has 1 heterocycles. The summed E-state index contributed by atoms with van der Waals surface area (Å²) < 4.78 is 5.08. The van der Waals surface area contributed by atoms with Crippen LogP contribution in [0.4, 0.5) is 0 Å². The van der Waals surface area contributed by atoms with E-state index in [1.807, 2.05) is 31.2 Å². The highest BCUT2D eigenvalue weighted by Crippen LogP contribution is 2.19. The molecule has 0 aliphatic rings. The van der Waals surface area contributed by atoms with Crippen LogP contribution in [0.15, 0.2) is 29.1 Å². The lowest BCUT2D eigenvalue weighted by atomic mass is 10.1. The van der Waals surface area contributed by atoms with Crippen molar-refractivity contribution in [2.24, 2.45) is 0 Å². The van der Waals surface area contributed by atoms with Crippen LogP contribution >= 0.6 is 0 Å². The van der Waals surface area contributed by atoms with Crippen LogP contribution in [0.2, 0.25) is 0 Å². The van der Waals surface area contributed by atoms with Crippen LogP contribution < -0.4 is 5.56 Å². The summed E-state index contributed by atoms with van der Waals surface area (Å²) in [4.78, 5) is 18.8. The van der Waals surface area contributed by atoms with Crippen LogP contribution in [0.5, 0.6) is 5.88 Å². The van der Waals surface area contributed by atoms with E-state index in [1.165, 1.54) is 0 Å². The molecule has 0 unspecified atom stereocenters. The molecular formula is C15H18N2O3. The number of aromatic hydroxyl groups is 1. The first-order valence-electron chi connectivity index (χ1n) is 6.56. The van der Waals surface area contributed by atoms with E-state index in [0.29, 0.717) is 24.4 Å². The van der Waals surface area contributed by atoms with Crippen molar-refractivity contribution in [2.45, 2.75) is 26.4 Å². The number of methoxy groups -OCH3 is 1. The summed E-state index contributed by atoms with van der Waals surface area (Å²) in [6.45, 7) is 2.43. The van der Waals surface area contributed by atoms with Crippen LogP contribution in [0.25, 0.3) is 11.4 Å². The van der Waals surface area contributed by atoms with Gasteiger partial charge in [0.1, 0.15) is 5.82 Å². The number of nitrogens with one attached hydrogen (secondary N) is 1. The summed E-state index contributed by atoms with van der Waals surface area (Å²) in [5.41, 5.74) is 1.77. The van der Waals surface area contributed by atoms with Gasteiger partial charge in [-0.05, 0) is 18.1 Å². The van der Waals surface area contributed by atoms with Gasteiger partial charge in [0.15, 0.2) is 0 Å². The van der Waals surface area contributed by atoms with Crippen molar-refractivity contribution in [3.63, 3.8) is 0 Å². The lowest BCUT2D eigenvalue weighted by Crippen LogP contribution is -2.15. The highest BCUT2D eigenvalue weighted by Gasteiger charge is 2.11. The van der Waals surface area contributed by atoms with Gasteiger partial charge < -0.3 is 14.8 Å². The number of nitrogens with zero attached hydrogens (tertiary/aromatic N) is 1. The molecule has 0 saturated heterocycles. The first-order valence-corrected chi connectivity index (χ1v) is 6.56. The molecule has 5 nitrogen and oxygen atoms in total. The molecule has 0 atom stereocenters. The normalized spacial score (nSPS) is 10.7. The van der Waals surface area contributed by atoms with E-state index in [0.717, 1.165) is 17.5 Å². The molecule has 0 amide bonds. The van der Waals surface area contributed by atoms with Gasteiger partial charge in [-0.1, -0.05) is 31.5 Å². The summed E-state index contributed by atoms with van der Waals surface area (Å²) in [6.07, 6.45) is 1.29. The molecule has 2 N–H and O–H groups in total. The molecule has 106 valence electrons. The summed E-state index contributed by atoms with van der Waals surface area (Å²) >= 11 is 0. The van der Waals surface area contributed by atoms with Gasteiger partial charge in [-0.3, -0.25) is 4.79 Å². The third-order valence-electron chi connectivity index (χ3n) is 3.01. The van der Waals surface area contributed by atoms with Gasteiger partial charge in [0.25, 0.3) is 5.56 Å². The number of hydrogen-bond donors (Lipinski definition) is 2. The molecule has 0 spiro atoms. The molecule has 5 heteroatoms. The van der Waals surface area contributed by atoms with E-state index in [4.69, 9.17) is 4.74 Å². The van der Waals surface area contributed by atoms with Crippen molar-refractivity contribution in [3.8, 4) is 17.3 Å². The highest BCUT2D eigenvalue weighted by atomic mass is 16.5. The number of H-pyrrole nitrogens is 1. The van der Waals surface area contributed by atoms with E-state index in [-0.39, 0.29) is 11.4 Å². The maximum atomic E-state index is 12.0. The Morgan fingerprint density at radius 2 is 2.20 bits per heavy atom. The van der Waals surface area contributed by atoms with Gasteiger partial charge in [0.05, 0.1) is 12.2 Å². The van der Waals surface area contributed by atoms with Gasteiger partial charge in [-0.15, -0.1) is 0 Å². The highest BCUT2D eigenvalue weighted by molar-refractivity contribution is 5.56. The zero-order valence-corrected chi connectivity index (χ0v) is 11.6. The number of hydrogen-bond acceptors (Lipinski definition) is 4. The lowest BCUT2D eigenvalue weighted by molar-refractivity contribution is 0.185. The van der Waals surface area contributed by atoms with Crippen LogP contribution in [0.1, 0.15) is 24.5 Å². The van der Waals surface area contributed by atoms with Crippen molar-refractivity contribution in [1.82, 2.24) is 9.97 Å². The van der Waals surface area contributed by atoms with E-state index in [9.17, 15) is 9.90 Å². The predicted octanol–water partition coefficient (Wildman–Crippen LogP) is 2.24. The molecule has 0 aliphatic heterocycles. The van der Waals surface area contributed by atoms with E-state index >= 15 is 0 Å². The SMILES string of the molecule is CCCc1c(O)nc(-c2cccc(COC)c2)[nH]c1=O. The molecule has 2 rings (SSSR count). The van der Waals surface area contributed by atoms with E-state index in [1.54, 1.807) is 7.11 Å². The zero-order chi connectivity index (χ0) is 14.5. The van der Waals surface area contributed by atoms with Crippen molar-refractivity contribution >= 4 is 0 Å². The molecule has 0 aliphatic carbocycles. The van der Waals surface area contributed by atoms with Gasteiger partial charge in [0, 0.05) is 12.7 Å². The molecule has 1 aromatic carbocycles. The Morgan fingerprint density at radius 3 is 2.85 bits per heavy atom. The second-order valence-electron chi connectivity index (χ2n) is 4.60. The first-order chi connectivity index (χ1) is 9.65. The van der Waals surface area contributed by atoms with Crippen LogP contribution in [-0.4, -0.2) is 22.2 Å². The van der Waals surface area contributed by atoms with Crippen LogP contribution in [-0.2, 0) is 17.8 Å². The van der Waals surface area contributed by atoms with E-state index < -0.39 is 0 Å². The standard InChI is InChI=1S/C15H18N2O3/c1-3-5-12-14(18)16-13(17-15(12)19)11-7-4-6-10(8-11)9-20-2/h4,6-8H,3,5,9H2,1-2H3,(H2,16,17,18,19). The fourth-order valence-electron chi connectivity index (χ4n) is 2.07. The van der Waals surface area contributed by atoms with E-state index in [2.05, 4.69) is 9.97 Å². The molecule has 0 radical (unpaired) electrons. The molecule has 0 bridgehead atoms. The molecule has 0 saturated carbocycles. The maximum absolute atomic E-state index is 12.0. The van der Waals surface area contributed by atoms with Crippen molar-refractivity contribution in [1.29, 1.82) is 0 Å². The fraction of sp³-hybridized carbons (Fsp3) is 0.333. The second kappa shape index (κ2) is 6.34. The molecule has 20 heavy (non-hydrogen) atoms. The summed E-state index contributed by atoms with van der Waals surface area (Å²) in [5.74, 6) is 0.174. The third kappa shape index (κ3) is 3.05. The van der Waals surface area contributed by atoms with Gasteiger partial charge in [-0.25, -0.2) is 0 Å². The molecule has 2 aromatic rings. The summed E-state index contributed by atoms with van der Waals surface area (Å²) in [7, 11) is 1.62. The van der Waals surface area contributed by atoms with Crippen molar-refractivity contribution in [3.05, 3.63) is 45.7 Å². The number of ether oxygens (including phenoxy) is 1. The average molecular weight is 274 g/mol. The Kier molecular flexibility index (Phi) is 4.53. The van der Waals surface area contributed by atoms with Gasteiger partial charge >= 0.3 is 0 Å². The largest absolute Gasteiger partial charge is 0.493 e. The molecular weight excluding hydrogens is 256 g/mol. The van der Waals surface area contributed by atoms with Crippen molar-refractivity contribution in [2.75, 3.05) is 7.11 Å². The number of aromatic amines is 1. The number of rotatable bonds is 5. The smallest absolute Gasteiger partial charge is 0.258 e. The lowest BCUT2D eigenvalue weighted by Gasteiger charge is -2.07.